The van der Waals surface area contributed by atoms with Crippen molar-refractivity contribution in [3.05, 3.63) is 26.1 Å². The van der Waals surface area contributed by atoms with Crippen LogP contribution in [0.4, 0.5) is 8.78 Å². The van der Waals surface area contributed by atoms with Crippen LogP contribution in [0.5, 0.6) is 0 Å². The molecule has 1 nitrogen and oxygen atoms in total. The van der Waals surface area contributed by atoms with Crippen LogP contribution >= 0.6 is 34.2 Å². The van der Waals surface area contributed by atoms with E-state index in [9.17, 15) is 8.78 Å². The highest BCUT2D eigenvalue weighted by molar-refractivity contribution is 14.1. The fraction of sp³-hybridized carbons (Fsp3) is 0.167. The maximum atomic E-state index is 12.8. The molecule has 1 rings (SSSR count). The van der Waals surface area contributed by atoms with Gasteiger partial charge in [-0.2, -0.15) is 4.39 Å². The summed E-state index contributed by atoms with van der Waals surface area (Å²) in [5.41, 5.74) is 0.169. The van der Waals surface area contributed by atoms with Gasteiger partial charge in [-0.15, -0.1) is 0 Å². The lowest BCUT2D eigenvalue weighted by Gasteiger charge is -2.00. The molecular weight excluding hydrogens is 286 g/mol. The molecule has 0 aliphatic heterocycles. The first-order valence-electron chi connectivity index (χ1n) is 2.70. The predicted octanol–water partition coefficient (Wildman–Crippen LogP) is 2.93. The molecule has 0 amide bonds. The second kappa shape index (κ2) is 3.18. The molecule has 0 N–H and O–H groups in total. The maximum Gasteiger partial charge on any atom is 0.229 e. The summed E-state index contributed by atoms with van der Waals surface area (Å²) in [5, 5.41) is -0.115. The fourth-order valence-corrected chi connectivity index (χ4v) is 1.28. The predicted molar refractivity (Wildman–Crippen MR) is 46.6 cm³/mol. The molecule has 5 heteroatoms. The third kappa shape index (κ3) is 1.61. The zero-order valence-electron chi connectivity index (χ0n) is 5.46. The SMILES string of the molecule is Cc1nc(F)c(I)c(F)c1Cl. The Hall–Kier alpha value is 0.0300. The Labute approximate surface area is 80.9 Å². The smallest absolute Gasteiger partial charge is 0.222 e. The van der Waals surface area contributed by atoms with E-state index in [1.165, 1.54) is 29.5 Å². The second-order valence-electron chi connectivity index (χ2n) is 1.93. The Morgan fingerprint density at radius 3 is 2.55 bits per heavy atom. The van der Waals surface area contributed by atoms with Gasteiger partial charge in [0.2, 0.25) is 5.95 Å². The van der Waals surface area contributed by atoms with E-state index in [2.05, 4.69) is 4.98 Å². The molecule has 0 radical (unpaired) electrons. The molecule has 60 valence electrons. The third-order valence-corrected chi connectivity index (χ3v) is 2.51. The van der Waals surface area contributed by atoms with Crippen molar-refractivity contribution >= 4 is 34.2 Å². The molecule has 0 saturated carbocycles. The van der Waals surface area contributed by atoms with E-state index in [-0.39, 0.29) is 14.3 Å². The molecule has 0 spiro atoms. The summed E-state index contributed by atoms with van der Waals surface area (Å²) < 4.78 is 25.3. The van der Waals surface area contributed by atoms with Crippen molar-refractivity contribution < 1.29 is 8.78 Å². The Morgan fingerprint density at radius 2 is 2.00 bits per heavy atom. The molecule has 0 aromatic carbocycles. The first-order chi connectivity index (χ1) is 5.04. The number of rotatable bonds is 0. The maximum absolute atomic E-state index is 12.8. The highest BCUT2D eigenvalue weighted by Crippen LogP contribution is 2.23. The van der Waals surface area contributed by atoms with Crippen LogP contribution in [0.3, 0.4) is 0 Å². The largest absolute Gasteiger partial charge is 0.229 e. The van der Waals surface area contributed by atoms with Crippen molar-refractivity contribution in [3.63, 3.8) is 0 Å². The van der Waals surface area contributed by atoms with Crippen molar-refractivity contribution in [2.75, 3.05) is 0 Å². The van der Waals surface area contributed by atoms with E-state index in [1.807, 2.05) is 0 Å². The van der Waals surface area contributed by atoms with Crippen molar-refractivity contribution in [3.8, 4) is 0 Å². The fourth-order valence-electron chi connectivity index (χ4n) is 0.591. The molecule has 0 aliphatic rings. The van der Waals surface area contributed by atoms with Crippen molar-refractivity contribution in [2.24, 2.45) is 0 Å². The third-order valence-electron chi connectivity index (χ3n) is 1.15. The summed E-state index contributed by atoms with van der Waals surface area (Å²) in [4.78, 5) is 3.39. The van der Waals surface area contributed by atoms with Gasteiger partial charge in [0.25, 0.3) is 0 Å². The van der Waals surface area contributed by atoms with Crippen LogP contribution in [0.2, 0.25) is 5.02 Å². The van der Waals surface area contributed by atoms with Gasteiger partial charge in [-0.1, -0.05) is 11.6 Å². The Bertz CT molecular complexity index is 277. The average Bonchev–Trinajstić information content (AvgIpc) is 1.97. The number of pyridine rings is 1. The van der Waals surface area contributed by atoms with Crippen molar-refractivity contribution in [1.29, 1.82) is 0 Å². The zero-order valence-corrected chi connectivity index (χ0v) is 8.37. The van der Waals surface area contributed by atoms with E-state index in [4.69, 9.17) is 11.6 Å². The number of aryl methyl sites for hydroxylation is 1. The zero-order chi connectivity index (χ0) is 8.59. The molecule has 0 bridgehead atoms. The van der Waals surface area contributed by atoms with E-state index >= 15 is 0 Å². The summed E-state index contributed by atoms with van der Waals surface area (Å²) in [6.45, 7) is 1.45. The molecule has 1 aromatic rings. The molecule has 0 unspecified atom stereocenters. The lowest BCUT2D eigenvalue weighted by atomic mass is 10.4. The first-order valence-corrected chi connectivity index (χ1v) is 4.16. The molecule has 11 heavy (non-hydrogen) atoms. The Morgan fingerprint density at radius 1 is 1.45 bits per heavy atom. The van der Waals surface area contributed by atoms with Crippen LogP contribution < -0.4 is 0 Å². The minimum Gasteiger partial charge on any atom is -0.222 e. The molecule has 0 atom stereocenters. The van der Waals surface area contributed by atoms with Crippen LogP contribution in [-0.4, -0.2) is 4.98 Å². The van der Waals surface area contributed by atoms with Gasteiger partial charge in [-0.05, 0) is 29.5 Å². The molecule has 1 aromatic heterocycles. The van der Waals surface area contributed by atoms with Crippen LogP contribution in [0.25, 0.3) is 0 Å². The minimum atomic E-state index is -0.815. The molecule has 1 heterocycles. The topological polar surface area (TPSA) is 12.9 Å². The normalized spacial score (nSPS) is 10.3. The van der Waals surface area contributed by atoms with Crippen LogP contribution in [0.15, 0.2) is 0 Å². The van der Waals surface area contributed by atoms with E-state index in [0.717, 1.165) is 0 Å². The summed E-state index contributed by atoms with van der Waals surface area (Å²) in [7, 11) is 0. The van der Waals surface area contributed by atoms with Crippen molar-refractivity contribution in [2.45, 2.75) is 6.92 Å². The van der Waals surface area contributed by atoms with Gasteiger partial charge in [-0.3, -0.25) is 0 Å². The minimum absolute atomic E-state index is 0.115. The van der Waals surface area contributed by atoms with Gasteiger partial charge in [0.05, 0.1) is 10.7 Å². The number of hydrogen-bond donors (Lipinski definition) is 0. The van der Waals surface area contributed by atoms with E-state index < -0.39 is 11.8 Å². The van der Waals surface area contributed by atoms with Gasteiger partial charge in [0.15, 0.2) is 5.82 Å². The van der Waals surface area contributed by atoms with E-state index in [0.29, 0.717) is 0 Å². The van der Waals surface area contributed by atoms with Crippen LogP contribution in [0, 0.1) is 22.3 Å². The van der Waals surface area contributed by atoms with Crippen LogP contribution in [-0.2, 0) is 0 Å². The Kier molecular flexibility index (Phi) is 2.64. The average molecular weight is 289 g/mol. The summed E-state index contributed by atoms with van der Waals surface area (Å²) >= 11 is 6.96. The van der Waals surface area contributed by atoms with Gasteiger partial charge in [0, 0.05) is 0 Å². The highest BCUT2D eigenvalue weighted by Gasteiger charge is 2.13. The monoisotopic (exact) mass is 289 g/mol. The Balaban J connectivity index is 3.46. The van der Waals surface area contributed by atoms with Gasteiger partial charge < -0.3 is 0 Å². The lowest BCUT2D eigenvalue weighted by Crippen LogP contribution is -1.97. The number of halogens is 4. The number of nitrogens with zero attached hydrogens (tertiary/aromatic N) is 1. The quantitative estimate of drug-likeness (QED) is 0.528. The standard InChI is InChI=1S/C6H3ClF2IN/c1-2-3(7)4(8)5(10)6(9)11-2/h1H3. The molecule has 0 aliphatic carbocycles. The van der Waals surface area contributed by atoms with Gasteiger partial charge in [-0.25, -0.2) is 9.37 Å². The summed E-state index contributed by atoms with van der Waals surface area (Å²) in [6.07, 6.45) is 0. The molecule has 0 saturated heterocycles. The van der Waals surface area contributed by atoms with Gasteiger partial charge in [0.1, 0.15) is 3.57 Å². The van der Waals surface area contributed by atoms with Crippen LogP contribution in [0.1, 0.15) is 5.69 Å². The van der Waals surface area contributed by atoms with Crippen molar-refractivity contribution in [1.82, 2.24) is 4.98 Å². The van der Waals surface area contributed by atoms with E-state index in [1.54, 1.807) is 0 Å². The number of hydrogen-bond acceptors (Lipinski definition) is 1. The second-order valence-corrected chi connectivity index (χ2v) is 3.39. The molecule has 0 fully saturated rings. The van der Waals surface area contributed by atoms with Gasteiger partial charge >= 0.3 is 0 Å². The first kappa shape index (κ1) is 9.12. The highest BCUT2D eigenvalue weighted by atomic mass is 127. The molecular formula is C6H3ClF2IN. The summed E-state index contributed by atoms with van der Waals surface area (Å²) in [6, 6.07) is 0. The summed E-state index contributed by atoms with van der Waals surface area (Å²) in [5.74, 6) is -1.55. The number of aromatic nitrogens is 1. The lowest BCUT2D eigenvalue weighted by molar-refractivity contribution is 0.535.